The van der Waals surface area contributed by atoms with Crippen molar-refractivity contribution in [2.75, 3.05) is 16.3 Å². The van der Waals surface area contributed by atoms with E-state index in [1.165, 1.54) is 50.4 Å². The summed E-state index contributed by atoms with van der Waals surface area (Å²) in [5.41, 5.74) is 0.105. The van der Waals surface area contributed by atoms with Gasteiger partial charge in [-0.2, -0.15) is 4.31 Å². The van der Waals surface area contributed by atoms with Gasteiger partial charge >= 0.3 is 12.0 Å². The van der Waals surface area contributed by atoms with Crippen LogP contribution in [0.15, 0.2) is 41.3 Å². The number of carboxylic acid groups (broad SMARTS) is 1. The van der Waals surface area contributed by atoms with E-state index in [0.717, 1.165) is 4.90 Å². The molecule has 28 heavy (non-hydrogen) atoms. The number of halogens is 2. The molecule has 3 rings (SSSR count). The number of benzene rings is 2. The van der Waals surface area contributed by atoms with Crippen molar-refractivity contribution in [3.63, 3.8) is 0 Å². The molecular formula is C17H14Cl2N2O6S. The van der Waals surface area contributed by atoms with E-state index in [4.69, 9.17) is 33.0 Å². The standard InChI is InChI=1S/C17H14Cl2N2O6S/c1-9(16(22)23)27-11-4-6-15-14(8-11)20(2)17(24)21(28(15,25)26)10-3-5-12(18)13(19)7-10/h3-9H,1-2H3,(H,22,23)/t9-/m1/s1. The fourth-order valence-corrected chi connectivity index (χ4v) is 4.51. The molecule has 0 unspecified atom stereocenters. The Morgan fingerprint density at radius 2 is 1.82 bits per heavy atom. The summed E-state index contributed by atoms with van der Waals surface area (Å²) in [5.74, 6) is -1.06. The van der Waals surface area contributed by atoms with Crippen LogP contribution in [-0.2, 0) is 14.8 Å². The highest BCUT2D eigenvalue weighted by Gasteiger charge is 2.41. The number of hydrogen-bond donors (Lipinski definition) is 1. The maximum Gasteiger partial charge on any atom is 0.344 e. The molecule has 2 aromatic rings. The smallest absolute Gasteiger partial charge is 0.344 e. The number of carbonyl (C=O) groups is 2. The first kappa shape index (κ1) is 20.2. The van der Waals surface area contributed by atoms with E-state index < -0.39 is 28.1 Å². The number of hydrogen-bond acceptors (Lipinski definition) is 5. The maximum absolute atomic E-state index is 13.1. The van der Waals surface area contributed by atoms with Gasteiger partial charge in [0.25, 0.3) is 10.0 Å². The van der Waals surface area contributed by atoms with Crippen molar-refractivity contribution in [1.29, 1.82) is 0 Å². The third-order valence-electron chi connectivity index (χ3n) is 4.07. The van der Waals surface area contributed by atoms with Crippen molar-refractivity contribution < 1.29 is 27.9 Å². The lowest BCUT2D eigenvalue weighted by molar-refractivity contribution is -0.144. The van der Waals surface area contributed by atoms with Crippen LogP contribution in [0.4, 0.5) is 16.2 Å². The van der Waals surface area contributed by atoms with Gasteiger partial charge in [-0.05, 0) is 37.3 Å². The zero-order valence-electron chi connectivity index (χ0n) is 14.6. The second-order valence-corrected chi connectivity index (χ2v) is 8.51. The predicted molar refractivity (Wildman–Crippen MR) is 104 cm³/mol. The van der Waals surface area contributed by atoms with Gasteiger partial charge in [0.05, 0.1) is 21.4 Å². The lowest BCUT2D eigenvalue weighted by Gasteiger charge is -2.34. The summed E-state index contributed by atoms with van der Waals surface area (Å²) in [7, 11) is -2.85. The number of urea groups is 1. The first-order valence-corrected chi connectivity index (χ1v) is 10.0. The molecular weight excluding hydrogens is 431 g/mol. The van der Waals surface area contributed by atoms with Crippen LogP contribution in [0.1, 0.15) is 6.92 Å². The second-order valence-electron chi connectivity index (χ2n) is 5.94. The number of sulfonamides is 1. The van der Waals surface area contributed by atoms with E-state index in [0.29, 0.717) is 4.31 Å². The average Bonchev–Trinajstić information content (AvgIpc) is 2.62. The van der Waals surface area contributed by atoms with Crippen LogP contribution in [0.2, 0.25) is 10.0 Å². The van der Waals surface area contributed by atoms with E-state index in [9.17, 15) is 18.0 Å². The van der Waals surface area contributed by atoms with Crippen LogP contribution in [0.5, 0.6) is 5.75 Å². The van der Waals surface area contributed by atoms with Gasteiger partial charge < -0.3 is 9.84 Å². The second kappa shape index (κ2) is 7.16. The Kier molecular flexibility index (Phi) is 5.18. The van der Waals surface area contributed by atoms with Crippen LogP contribution in [0.3, 0.4) is 0 Å². The van der Waals surface area contributed by atoms with Crippen LogP contribution < -0.4 is 13.9 Å². The molecule has 0 saturated carbocycles. The van der Waals surface area contributed by atoms with Gasteiger partial charge in [-0.3, -0.25) is 4.90 Å². The van der Waals surface area contributed by atoms with Gasteiger partial charge in [-0.25, -0.2) is 18.0 Å². The molecule has 0 radical (unpaired) electrons. The molecule has 0 aromatic heterocycles. The number of rotatable bonds is 4. The van der Waals surface area contributed by atoms with E-state index >= 15 is 0 Å². The molecule has 1 aliphatic rings. The van der Waals surface area contributed by atoms with E-state index in [1.807, 2.05) is 0 Å². The normalized spacial score (nSPS) is 16.5. The Labute approximate surface area is 170 Å². The zero-order valence-corrected chi connectivity index (χ0v) is 16.9. The first-order valence-electron chi connectivity index (χ1n) is 7.85. The Morgan fingerprint density at radius 3 is 2.43 bits per heavy atom. The minimum atomic E-state index is -4.24. The third-order valence-corrected chi connectivity index (χ3v) is 6.56. The number of nitrogens with zero attached hydrogens (tertiary/aromatic N) is 2. The molecule has 1 heterocycles. The van der Waals surface area contributed by atoms with E-state index in [-0.39, 0.29) is 32.1 Å². The zero-order chi connectivity index (χ0) is 20.8. The summed E-state index contributed by atoms with van der Waals surface area (Å²) >= 11 is 11.8. The van der Waals surface area contributed by atoms with Crippen molar-refractivity contribution in [2.45, 2.75) is 17.9 Å². The summed E-state index contributed by atoms with van der Waals surface area (Å²) in [6.07, 6.45) is -1.15. The lowest BCUT2D eigenvalue weighted by atomic mass is 10.2. The number of fused-ring (bicyclic) bond motifs is 1. The molecule has 2 aromatic carbocycles. The molecule has 11 heteroatoms. The minimum absolute atomic E-state index is 0.0386. The summed E-state index contributed by atoms with van der Waals surface area (Å²) in [5, 5.41) is 9.27. The number of amides is 2. The quantitative estimate of drug-likeness (QED) is 0.771. The minimum Gasteiger partial charge on any atom is -0.479 e. The van der Waals surface area contributed by atoms with Gasteiger partial charge in [0, 0.05) is 13.1 Å². The predicted octanol–water partition coefficient (Wildman–Crippen LogP) is 3.61. The van der Waals surface area contributed by atoms with E-state index in [2.05, 4.69) is 0 Å². The van der Waals surface area contributed by atoms with Crippen molar-refractivity contribution in [3.8, 4) is 5.75 Å². The highest BCUT2D eigenvalue weighted by molar-refractivity contribution is 7.94. The molecule has 148 valence electrons. The van der Waals surface area contributed by atoms with Crippen LogP contribution in [0, 0.1) is 0 Å². The third kappa shape index (κ3) is 3.36. The van der Waals surface area contributed by atoms with E-state index in [1.54, 1.807) is 0 Å². The number of carbonyl (C=O) groups excluding carboxylic acids is 1. The van der Waals surface area contributed by atoms with Gasteiger partial charge in [0.1, 0.15) is 10.6 Å². The maximum atomic E-state index is 13.1. The highest BCUT2D eigenvalue weighted by atomic mass is 35.5. The number of anilines is 2. The first-order chi connectivity index (χ1) is 13.0. The molecule has 0 saturated heterocycles. The Balaban J connectivity index is 2.09. The van der Waals surface area contributed by atoms with Crippen molar-refractivity contribution in [2.24, 2.45) is 0 Å². The molecule has 2 amide bonds. The highest BCUT2D eigenvalue weighted by Crippen LogP contribution is 2.39. The van der Waals surface area contributed by atoms with Gasteiger partial charge in [0.2, 0.25) is 0 Å². The Bertz CT molecular complexity index is 1090. The van der Waals surface area contributed by atoms with Gasteiger partial charge in [-0.1, -0.05) is 23.2 Å². The SMILES string of the molecule is C[C@@H](Oc1ccc2c(c1)N(C)C(=O)N(c1ccc(Cl)c(Cl)c1)S2(=O)=O)C(=O)O. The molecule has 8 nitrogen and oxygen atoms in total. The summed E-state index contributed by atoms with van der Waals surface area (Å²) < 4.78 is 32.0. The Hall–Kier alpha value is -2.49. The lowest BCUT2D eigenvalue weighted by Crippen LogP contribution is -2.49. The molecule has 0 aliphatic carbocycles. The van der Waals surface area contributed by atoms with Crippen LogP contribution >= 0.6 is 23.2 Å². The van der Waals surface area contributed by atoms with Gasteiger partial charge in [0.15, 0.2) is 6.10 Å². The molecule has 0 spiro atoms. The topological polar surface area (TPSA) is 104 Å². The fraction of sp³-hybridized carbons (Fsp3) is 0.176. The van der Waals surface area contributed by atoms with Crippen molar-refractivity contribution >= 4 is 56.6 Å². The van der Waals surface area contributed by atoms with Gasteiger partial charge in [-0.15, -0.1) is 0 Å². The molecule has 1 N–H and O–H groups in total. The Morgan fingerprint density at radius 1 is 1.14 bits per heavy atom. The van der Waals surface area contributed by atoms with Crippen LogP contribution in [0.25, 0.3) is 0 Å². The average molecular weight is 445 g/mol. The summed E-state index contributed by atoms with van der Waals surface area (Å²) in [4.78, 5) is 24.7. The fourth-order valence-electron chi connectivity index (χ4n) is 2.61. The summed E-state index contributed by atoms with van der Waals surface area (Å²) in [6.45, 7) is 1.33. The summed E-state index contributed by atoms with van der Waals surface area (Å²) in [6, 6.07) is 7.08. The van der Waals surface area contributed by atoms with Crippen molar-refractivity contribution in [1.82, 2.24) is 0 Å². The number of aliphatic carboxylic acids is 1. The molecule has 0 fully saturated rings. The largest absolute Gasteiger partial charge is 0.479 e. The van der Waals surface area contributed by atoms with Crippen LogP contribution in [-0.4, -0.2) is 38.7 Å². The number of ether oxygens (including phenoxy) is 1. The number of carboxylic acids is 1. The monoisotopic (exact) mass is 444 g/mol. The molecule has 1 aliphatic heterocycles. The molecule has 1 atom stereocenters. The van der Waals surface area contributed by atoms with Crippen molar-refractivity contribution in [3.05, 3.63) is 46.4 Å². The molecule has 0 bridgehead atoms.